The smallest absolute Gasteiger partial charge is 0.238 e. The number of benzene rings is 1. The zero-order valence-corrected chi connectivity index (χ0v) is 12.9. The molecule has 0 saturated heterocycles. The van der Waals surface area contributed by atoms with E-state index in [4.69, 9.17) is 5.26 Å². The van der Waals surface area contributed by atoms with Crippen molar-refractivity contribution >= 4 is 22.9 Å². The fourth-order valence-corrected chi connectivity index (χ4v) is 2.89. The summed E-state index contributed by atoms with van der Waals surface area (Å²) in [6.07, 6.45) is 3.31. The summed E-state index contributed by atoms with van der Waals surface area (Å²) in [5.41, 5.74) is 3.49. The molecule has 2 aromatic heterocycles. The Hall–Kier alpha value is -3.04. The molecule has 1 aromatic carbocycles. The summed E-state index contributed by atoms with van der Waals surface area (Å²) in [6.45, 7) is 0. The van der Waals surface area contributed by atoms with Crippen LogP contribution in [0, 0.1) is 11.3 Å². The van der Waals surface area contributed by atoms with Crippen LogP contribution in [0.15, 0.2) is 54.2 Å². The summed E-state index contributed by atoms with van der Waals surface area (Å²) in [5.74, 6) is -0.318. The molecule has 0 radical (unpaired) electrons. The number of hydrogen-bond acceptors (Lipinski definition) is 5. The lowest BCUT2D eigenvalue weighted by Crippen LogP contribution is -2.09. The van der Waals surface area contributed by atoms with E-state index in [2.05, 4.69) is 15.3 Å². The van der Waals surface area contributed by atoms with Gasteiger partial charge in [0.2, 0.25) is 5.91 Å². The molecule has 0 aliphatic carbocycles. The minimum absolute atomic E-state index is 0.159. The lowest BCUT2D eigenvalue weighted by atomic mass is 10.2. The van der Waals surface area contributed by atoms with E-state index < -0.39 is 0 Å². The maximum Gasteiger partial charge on any atom is 0.238 e. The van der Waals surface area contributed by atoms with Crippen LogP contribution in [-0.2, 0) is 4.79 Å². The molecule has 0 aliphatic heterocycles. The van der Waals surface area contributed by atoms with E-state index in [9.17, 15) is 4.79 Å². The highest BCUT2D eigenvalue weighted by atomic mass is 32.1. The fraction of sp³-hybridized carbons (Fsp3) is 0.0588. The Balaban J connectivity index is 1.84. The van der Waals surface area contributed by atoms with Gasteiger partial charge in [-0.05, 0) is 24.3 Å². The van der Waals surface area contributed by atoms with Crippen LogP contribution in [0.2, 0.25) is 0 Å². The van der Waals surface area contributed by atoms with Crippen molar-refractivity contribution in [2.24, 2.45) is 0 Å². The van der Waals surface area contributed by atoms with Crippen LogP contribution >= 0.6 is 11.3 Å². The summed E-state index contributed by atoms with van der Waals surface area (Å²) in [5, 5.41) is 14.1. The second-order valence-electron chi connectivity index (χ2n) is 4.74. The Morgan fingerprint density at radius 2 is 2.04 bits per heavy atom. The van der Waals surface area contributed by atoms with Gasteiger partial charge in [0.1, 0.15) is 11.4 Å². The standard InChI is InChI=1S/C17H12N4OS/c18-7-4-16(22)20-14-3-1-2-13(10-14)17-21-15(11-23-17)12-5-8-19-9-6-12/h1-3,5-6,8-11H,4H2,(H,20,22). The molecule has 2 heterocycles. The van der Waals surface area contributed by atoms with Crippen LogP contribution in [0.5, 0.6) is 0 Å². The molecule has 0 atom stereocenters. The minimum Gasteiger partial charge on any atom is -0.325 e. The summed E-state index contributed by atoms with van der Waals surface area (Å²) in [7, 11) is 0. The Labute approximate surface area is 137 Å². The Bertz CT molecular complexity index is 868. The number of carbonyl (C=O) groups is 1. The quantitative estimate of drug-likeness (QED) is 0.794. The second kappa shape index (κ2) is 6.81. The number of hydrogen-bond donors (Lipinski definition) is 1. The van der Waals surface area contributed by atoms with Crippen LogP contribution < -0.4 is 5.32 Å². The molecule has 0 bridgehead atoms. The third-order valence-electron chi connectivity index (χ3n) is 3.11. The molecule has 0 fully saturated rings. The Kier molecular flexibility index (Phi) is 4.41. The number of nitrogens with one attached hydrogen (secondary N) is 1. The van der Waals surface area contributed by atoms with Gasteiger partial charge < -0.3 is 5.32 Å². The highest BCUT2D eigenvalue weighted by Crippen LogP contribution is 2.29. The van der Waals surface area contributed by atoms with Gasteiger partial charge in [-0.2, -0.15) is 5.26 Å². The van der Waals surface area contributed by atoms with Crippen molar-refractivity contribution in [1.82, 2.24) is 9.97 Å². The van der Waals surface area contributed by atoms with Crippen LogP contribution in [0.1, 0.15) is 6.42 Å². The molecule has 6 heteroatoms. The van der Waals surface area contributed by atoms with Gasteiger partial charge in [-0.15, -0.1) is 11.3 Å². The van der Waals surface area contributed by atoms with Gasteiger partial charge in [0.15, 0.2) is 0 Å². The molecule has 0 saturated carbocycles. The normalized spacial score (nSPS) is 10.0. The fourth-order valence-electron chi connectivity index (χ4n) is 2.07. The maximum absolute atomic E-state index is 11.5. The van der Waals surface area contributed by atoms with Crippen LogP contribution in [0.3, 0.4) is 0 Å². The van der Waals surface area contributed by atoms with Crippen molar-refractivity contribution in [2.75, 3.05) is 5.32 Å². The average Bonchev–Trinajstić information content (AvgIpc) is 3.06. The Morgan fingerprint density at radius 3 is 2.83 bits per heavy atom. The number of thiazole rings is 1. The number of rotatable bonds is 4. The van der Waals surface area contributed by atoms with E-state index in [1.54, 1.807) is 18.5 Å². The van der Waals surface area contributed by atoms with E-state index in [1.165, 1.54) is 11.3 Å². The topological polar surface area (TPSA) is 78.7 Å². The van der Waals surface area contributed by atoms with E-state index >= 15 is 0 Å². The predicted molar refractivity (Wildman–Crippen MR) is 89.6 cm³/mol. The molecule has 23 heavy (non-hydrogen) atoms. The van der Waals surface area contributed by atoms with Gasteiger partial charge in [0.25, 0.3) is 0 Å². The summed E-state index contributed by atoms with van der Waals surface area (Å²) >= 11 is 1.54. The third kappa shape index (κ3) is 3.59. The molecule has 5 nitrogen and oxygen atoms in total. The van der Waals surface area contributed by atoms with Gasteiger partial charge in [0, 0.05) is 34.6 Å². The maximum atomic E-state index is 11.5. The molecule has 3 rings (SSSR count). The van der Waals surface area contributed by atoms with Crippen molar-refractivity contribution in [2.45, 2.75) is 6.42 Å². The largest absolute Gasteiger partial charge is 0.325 e. The van der Waals surface area contributed by atoms with Crippen molar-refractivity contribution in [3.05, 3.63) is 54.2 Å². The highest BCUT2D eigenvalue weighted by molar-refractivity contribution is 7.13. The number of aromatic nitrogens is 2. The zero-order chi connectivity index (χ0) is 16.1. The number of anilines is 1. The van der Waals surface area contributed by atoms with Crippen molar-refractivity contribution in [3.63, 3.8) is 0 Å². The lowest BCUT2D eigenvalue weighted by Gasteiger charge is -2.04. The molecule has 0 unspecified atom stereocenters. The first-order valence-electron chi connectivity index (χ1n) is 6.89. The molecule has 0 spiro atoms. The summed E-state index contributed by atoms with van der Waals surface area (Å²) < 4.78 is 0. The van der Waals surface area contributed by atoms with Crippen molar-refractivity contribution < 1.29 is 4.79 Å². The van der Waals surface area contributed by atoms with Crippen molar-refractivity contribution in [1.29, 1.82) is 5.26 Å². The SMILES string of the molecule is N#CCC(=O)Nc1cccc(-c2nc(-c3ccncc3)cs2)c1. The van der Waals surface area contributed by atoms with Crippen LogP contribution in [0.4, 0.5) is 5.69 Å². The zero-order valence-electron chi connectivity index (χ0n) is 12.1. The minimum atomic E-state index is -0.318. The van der Waals surface area contributed by atoms with E-state index in [0.717, 1.165) is 21.8 Å². The van der Waals surface area contributed by atoms with E-state index in [-0.39, 0.29) is 12.3 Å². The number of pyridine rings is 1. The highest BCUT2D eigenvalue weighted by Gasteiger charge is 2.08. The Morgan fingerprint density at radius 1 is 1.22 bits per heavy atom. The third-order valence-corrected chi connectivity index (χ3v) is 4.00. The number of nitrogens with zero attached hydrogens (tertiary/aromatic N) is 3. The van der Waals surface area contributed by atoms with Gasteiger partial charge >= 0.3 is 0 Å². The molecular weight excluding hydrogens is 308 g/mol. The van der Waals surface area contributed by atoms with Crippen LogP contribution in [0.25, 0.3) is 21.8 Å². The van der Waals surface area contributed by atoms with Gasteiger partial charge in [-0.3, -0.25) is 9.78 Å². The monoisotopic (exact) mass is 320 g/mol. The first-order chi connectivity index (χ1) is 11.3. The molecule has 0 aliphatic rings. The average molecular weight is 320 g/mol. The summed E-state index contributed by atoms with van der Waals surface area (Å²) in [4.78, 5) is 20.1. The molecule has 112 valence electrons. The summed E-state index contributed by atoms with van der Waals surface area (Å²) in [6, 6.07) is 13.1. The van der Waals surface area contributed by atoms with Crippen molar-refractivity contribution in [3.8, 4) is 27.9 Å². The van der Waals surface area contributed by atoms with E-state index in [0.29, 0.717) is 5.69 Å². The first kappa shape index (κ1) is 14.9. The number of carbonyl (C=O) groups excluding carboxylic acids is 1. The molecule has 1 amide bonds. The second-order valence-corrected chi connectivity index (χ2v) is 5.60. The van der Waals surface area contributed by atoms with Gasteiger partial charge in [0.05, 0.1) is 11.8 Å². The molecule has 1 N–H and O–H groups in total. The van der Waals surface area contributed by atoms with Gasteiger partial charge in [-0.1, -0.05) is 12.1 Å². The van der Waals surface area contributed by atoms with E-state index in [1.807, 2.05) is 41.8 Å². The first-order valence-corrected chi connectivity index (χ1v) is 7.77. The lowest BCUT2D eigenvalue weighted by molar-refractivity contribution is -0.115. The predicted octanol–water partition coefficient (Wildman–Crippen LogP) is 3.72. The molecular formula is C17H12N4OS. The molecule has 3 aromatic rings. The number of amides is 1. The van der Waals surface area contributed by atoms with Gasteiger partial charge in [-0.25, -0.2) is 4.98 Å². The number of nitriles is 1. The van der Waals surface area contributed by atoms with Crippen LogP contribution in [-0.4, -0.2) is 15.9 Å².